The molecule has 2 heterocycles. The minimum atomic E-state index is -0.304. The zero-order chi connectivity index (χ0) is 17.6. The number of rotatable bonds is 2. The van der Waals surface area contributed by atoms with Crippen molar-refractivity contribution in [2.75, 3.05) is 5.32 Å². The zero-order valence-corrected chi connectivity index (χ0v) is 14.1. The van der Waals surface area contributed by atoms with E-state index in [-0.39, 0.29) is 17.6 Å². The Hall–Kier alpha value is -2.95. The van der Waals surface area contributed by atoms with Gasteiger partial charge in [-0.15, -0.1) is 0 Å². The quantitative estimate of drug-likeness (QED) is 0.766. The first-order valence-corrected chi connectivity index (χ1v) is 8.24. The van der Waals surface area contributed by atoms with Gasteiger partial charge in [-0.25, -0.2) is 9.07 Å². The van der Waals surface area contributed by atoms with E-state index in [0.717, 1.165) is 16.7 Å². The summed E-state index contributed by atoms with van der Waals surface area (Å²) in [7, 11) is 0. The molecule has 0 aliphatic carbocycles. The van der Waals surface area contributed by atoms with E-state index in [9.17, 15) is 9.18 Å². The standard InChI is InChI=1S/C20H18FN3O/c1-12-3-4-13(2)16(9-12)17-10-19(25)23-20-18(17)11-22-24(20)15-7-5-14(21)6-8-15/h3-9,11,17H,10H2,1-2H3,(H,23,25). The summed E-state index contributed by atoms with van der Waals surface area (Å²) in [5.74, 6) is 0.288. The van der Waals surface area contributed by atoms with E-state index in [1.165, 1.54) is 17.7 Å². The second-order valence-corrected chi connectivity index (χ2v) is 6.50. The number of nitrogens with zero attached hydrogens (tertiary/aromatic N) is 2. The van der Waals surface area contributed by atoms with E-state index in [1.54, 1.807) is 23.0 Å². The monoisotopic (exact) mass is 335 g/mol. The van der Waals surface area contributed by atoms with Gasteiger partial charge in [0, 0.05) is 17.9 Å². The molecule has 1 unspecified atom stereocenters. The molecule has 0 saturated carbocycles. The third-order valence-electron chi connectivity index (χ3n) is 4.70. The highest BCUT2D eigenvalue weighted by molar-refractivity contribution is 5.94. The van der Waals surface area contributed by atoms with E-state index < -0.39 is 0 Å². The Labute approximate surface area is 145 Å². The van der Waals surface area contributed by atoms with Crippen LogP contribution in [0.15, 0.2) is 48.7 Å². The van der Waals surface area contributed by atoms with Crippen LogP contribution in [0.1, 0.15) is 34.6 Å². The van der Waals surface area contributed by atoms with Crippen LogP contribution in [0.5, 0.6) is 0 Å². The predicted octanol–water partition coefficient (Wildman–Crippen LogP) is 4.10. The van der Waals surface area contributed by atoms with Gasteiger partial charge in [-0.1, -0.05) is 23.8 Å². The Morgan fingerprint density at radius 1 is 1.12 bits per heavy atom. The van der Waals surface area contributed by atoms with Gasteiger partial charge in [-0.2, -0.15) is 5.10 Å². The lowest BCUT2D eigenvalue weighted by atomic mass is 9.84. The summed E-state index contributed by atoms with van der Waals surface area (Å²) >= 11 is 0. The molecule has 0 saturated heterocycles. The molecule has 5 heteroatoms. The van der Waals surface area contributed by atoms with Crippen molar-refractivity contribution in [3.8, 4) is 5.69 Å². The van der Waals surface area contributed by atoms with Crippen molar-refractivity contribution in [2.24, 2.45) is 0 Å². The molecule has 4 nitrogen and oxygen atoms in total. The molecule has 126 valence electrons. The molecule has 1 amide bonds. The lowest BCUT2D eigenvalue weighted by molar-refractivity contribution is -0.116. The average Bonchev–Trinajstić information content (AvgIpc) is 3.01. The molecule has 0 spiro atoms. The van der Waals surface area contributed by atoms with Gasteiger partial charge in [-0.3, -0.25) is 4.79 Å². The van der Waals surface area contributed by atoms with Crippen molar-refractivity contribution in [1.82, 2.24) is 9.78 Å². The normalized spacial score (nSPS) is 16.4. The van der Waals surface area contributed by atoms with Crippen LogP contribution in [0.4, 0.5) is 10.2 Å². The minimum absolute atomic E-state index is 0.0298. The van der Waals surface area contributed by atoms with Crippen LogP contribution in [-0.4, -0.2) is 15.7 Å². The second-order valence-electron chi connectivity index (χ2n) is 6.50. The van der Waals surface area contributed by atoms with Gasteiger partial charge in [0.1, 0.15) is 11.6 Å². The summed E-state index contributed by atoms with van der Waals surface area (Å²) in [6.45, 7) is 4.11. The molecular formula is C20H18FN3O. The Kier molecular flexibility index (Phi) is 3.64. The SMILES string of the molecule is Cc1ccc(C)c(C2CC(=O)Nc3c2cnn3-c2ccc(F)cc2)c1. The molecule has 4 rings (SSSR count). The van der Waals surface area contributed by atoms with Crippen molar-refractivity contribution >= 4 is 11.7 Å². The van der Waals surface area contributed by atoms with Gasteiger partial charge in [-0.05, 0) is 49.2 Å². The lowest BCUT2D eigenvalue weighted by Crippen LogP contribution is -2.25. The number of aryl methyl sites for hydroxylation is 2. The van der Waals surface area contributed by atoms with Crippen LogP contribution in [0.2, 0.25) is 0 Å². The summed E-state index contributed by atoms with van der Waals surface area (Å²) in [5, 5.41) is 7.36. The van der Waals surface area contributed by atoms with E-state index in [4.69, 9.17) is 0 Å². The third kappa shape index (κ3) is 2.71. The molecule has 1 aliphatic rings. The van der Waals surface area contributed by atoms with Crippen LogP contribution in [0.3, 0.4) is 0 Å². The lowest BCUT2D eigenvalue weighted by Gasteiger charge is -2.25. The predicted molar refractivity (Wildman–Crippen MR) is 94.5 cm³/mol. The topological polar surface area (TPSA) is 46.9 Å². The van der Waals surface area contributed by atoms with Gasteiger partial charge >= 0.3 is 0 Å². The molecule has 0 fully saturated rings. The smallest absolute Gasteiger partial charge is 0.226 e. The van der Waals surface area contributed by atoms with Crippen molar-refractivity contribution in [1.29, 1.82) is 0 Å². The number of aromatic nitrogens is 2. The van der Waals surface area contributed by atoms with Crippen molar-refractivity contribution < 1.29 is 9.18 Å². The first-order valence-electron chi connectivity index (χ1n) is 8.24. The van der Waals surface area contributed by atoms with Crippen molar-refractivity contribution in [2.45, 2.75) is 26.2 Å². The summed E-state index contributed by atoms with van der Waals surface area (Å²) in [4.78, 5) is 12.3. The number of amides is 1. The van der Waals surface area contributed by atoms with E-state index >= 15 is 0 Å². The fourth-order valence-corrected chi connectivity index (χ4v) is 3.41. The first kappa shape index (κ1) is 15.6. The number of fused-ring (bicyclic) bond motifs is 1. The fraction of sp³-hybridized carbons (Fsp3) is 0.200. The largest absolute Gasteiger partial charge is 0.310 e. The molecule has 1 N–H and O–H groups in total. The maximum absolute atomic E-state index is 13.2. The molecule has 0 radical (unpaired) electrons. The van der Waals surface area contributed by atoms with Crippen molar-refractivity contribution in [3.63, 3.8) is 0 Å². The third-order valence-corrected chi connectivity index (χ3v) is 4.70. The highest BCUT2D eigenvalue weighted by Gasteiger charge is 2.31. The molecule has 0 bridgehead atoms. The molecule has 2 aromatic carbocycles. The number of hydrogen-bond donors (Lipinski definition) is 1. The maximum atomic E-state index is 13.2. The number of carbonyl (C=O) groups excluding carboxylic acids is 1. The van der Waals surface area contributed by atoms with Gasteiger partial charge in [0.2, 0.25) is 5.91 Å². The van der Waals surface area contributed by atoms with Crippen LogP contribution < -0.4 is 5.32 Å². The Balaban J connectivity index is 1.84. The van der Waals surface area contributed by atoms with Crippen LogP contribution in [-0.2, 0) is 4.79 Å². The number of benzene rings is 2. The highest BCUT2D eigenvalue weighted by Crippen LogP contribution is 2.39. The second kappa shape index (κ2) is 5.84. The number of hydrogen-bond acceptors (Lipinski definition) is 2. The molecule has 3 aromatic rings. The summed E-state index contributed by atoms with van der Waals surface area (Å²) < 4.78 is 14.9. The average molecular weight is 335 g/mol. The van der Waals surface area contributed by atoms with Gasteiger partial charge in [0.05, 0.1) is 11.9 Å². The molecule has 25 heavy (non-hydrogen) atoms. The van der Waals surface area contributed by atoms with Gasteiger partial charge in [0.15, 0.2) is 0 Å². The summed E-state index contributed by atoms with van der Waals surface area (Å²) in [6, 6.07) is 12.4. The number of nitrogens with one attached hydrogen (secondary N) is 1. The van der Waals surface area contributed by atoms with Gasteiger partial charge in [0.25, 0.3) is 0 Å². The first-order chi connectivity index (χ1) is 12.0. The molecular weight excluding hydrogens is 317 g/mol. The number of carbonyl (C=O) groups is 1. The molecule has 1 atom stereocenters. The Morgan fingerprint density at radius 3 is 2.64 bits per heavy atom. The molecule has 1 aromatic heterocycles. The van der Waals surface area contributed by atoms with Crippen LogP contribution >= 0.6 is 0 Å². The van der Waals surface area contributed by atoms with Crippen LogP contribution in [0, 0.1) is 19.7 Å². The Morgan fingerprint density at radius 2 is 1.88 bits per heavy atom. The molecule has 1 aliphatic heterocycles. The van der Waals surface area contributed by atoms with Crippen LogP contribution in [0.25, 0.3) is 5.69 Å². The van der Waals surface area contributed by atoms with E-state index in [0.29, 0.717) is 17.9 Å². The number of halogens is 1. The Bertz CT molecular complexity index is 960. The van der Waals surface area contributed by atoms with Crippen molar-refractivity contribution in [3.05, 3.63) is 76.7 Å². The fourth-order valence-electron chi connectivity index (χ4n) is 3.41. The highest BCUT2D eigenvalue weighted by atomic mass is 19.1. The zero-order valence-electron chi connectivity index (χ0n) is 14.1. The summed E-state index contributed by atoms with van der Waals surface area (Å²) in [5.41, 5.74) is 5.17. The summed E-state index contributed by atoms with van der Waals surface area (Å²) in [6.07, 6.45) is 2.19. The van der Waals surface area contributed by atoms with E-state index in [1.807, 2.05) is 0 Å². The van der Waals surface area contributed by atoms with E-state index in [2.05, 4.69) is 42.5 Å². The number of anilines is 1. The van der Waals surface area contributed by atoms with Gasteiger partial charge < -0.3 is 5.32 Å². The minimum Gasteiger partial charge on any atom is -0.310 e. The maximum Gasteiger partial charge on any atom is 0.226 e.